The summed E-state index contributed by atoms with van der Waals surface area (Å²) in [5.74, 6) is 0.351. The lowest BCUT2D eigenvalue weighted by Gasteiger charge is -2.27. The van der Waals surface area contributed by atoms with E-state index in [2.05, 4.69) is 26.8 Å². The molecule has 0 aromatic rings. The Balaban J connectivity index is 2.51. The minimum atomic E-state index is -0.417. The van der Waals surface area contributed by atoms with E-state index in [4.69, 9.17) is 0 Å². The first-order chi connectivity index (χ1) is 5.58. The van der Waals surface area contributed by atoms with E-state index in [0.717, 1.165) is 19.3 Å². The first kappa shape index (κ1) is 9.79. The van der Waals surface area contributed by atoms with Gasteiger partial charge in [-0.25, -0.2) is 0 Å². The van der Waals surface area contributed by atoms with Gasteiger partial charge in [-0.3, -0.25) is 0 Å². The van der Waals surface area contributed by atoms with E-state index in [-0.39, 0.29) is 0 Å². The molecule has 1 aliphatic rings. The highest BCUT2D eigenvalue weighted by Crippen LogP contribution is 2.37. The lowest BCUT2D eigenvalue weighted by Crippen LogP contribution is -2.31. The Kier molecular flexibility index (Phi) is 2.94. The second kappa shape index (κ2) is 3.61. The Bertz CT molecular complexity index is 183. The van der Waals surface area contributed by atoms with Crippen molar-refractivity contribution in [1.29, 1.82) is 0 Å². The van der Waals surface area contributed by atoms with Crippen molar-refractivity contribution in [3.63, 3.8) is 0 Å². The van der Waals surface area contributed by atoms with E-state index >= 15 is 0 Å². The molecular weight excluding hydrogens is 148 g/mol. The molecule has 12 heavy (non-hydrogen) atoms. The van der Waals surface area contributed by atoms with Crippen LogP contribution in [-0.4, -0.2) is 10.7 Å². The quantitative estimate of drug-likeness (QED) is 0.642. The Hall–Kier alpha value is -0.300. The lowest BCUT2D eigenvalue weighted by molar-refractivity contribution is 0.00604. The van der Waals surface area contributed by atoms with Gasteiger partial charge in [-0.05, 0) is 19.8 Å². The second-order valence-corrected chi connectivity index (χ2v) is 4.19. The van der Waals surface area contributed by atoms with Crippen LogP contribution in [-0.2, 0) is 0 Å². The van der Waals surface area contributed by atoms with Crippen molar-refractivity contribution < 1.29 is 5.11 Å². The molecule has 0 saturated heterocycles. The van der Waals surface area contributed by atoms with Crippen molar-refractivity contribution in [2.45, 2.75) is 52.1 Å². The standard InChI is InChI=1S/C11H20O/c1-4-5-6-11(12)8-9(2)7-10(11)3/h7,10,12H,4-6,8H2,1-3H3. The molecule has 1 N–H and O–H groups in total. The van der Waals surface area contributed by atoms with Gasteiger partial charge in [0, 0.05) is 5.92 Å². The Morgan fingerprint density at radius 3 is 2.75 bits per heavy atom. The summed E-state index contributed by atoms with van der Waals surface area (Å²) in [6.07, 6.45) is 6.36. The molecule has 70 valence electrons. The molecule has 0 aromatic heterocycles. The summed E-state index contributed by atoms with van der Waals surface area (Å²) in [7, 11) is 0. The van der Waals surface area contributed by atoms with Gasteiger partial charge in [-0.2, -0.15) is 0 Å². The predicted molar refractivity (Wildman–Crippen MR) is 52.0 cm³/mol. The number of unbranched alkanes of at least 4 members (excludes halogenated alkanes) is 1. The smallest absolute Gasteiger partial charge is 0.0744 e. The fourth-order valence-corrected chi connectivity index (χ4v) is 2.08. The van der Waals surface area contributed by atoms with Crippen LogP contribution < -0.4 is 0 Å². The maximum Gasteiger partial charge on any atom is 0.0744 e. The van der Waals surface area contributed by atoms with Gasteiger partial charge in [-0.15, -0.1) is 0 Å². The summed E-state index contributed by atoms with van der Waals surface area (Å²) in [6, 6.07) is 0. The highest BCUT2D eigenvalue weighted by molar-refractivity contribution is 5.17. The molecule has 1 nitrogen and oxygen atoms in total. The van der Waals surface area contributed by atoms with Crippen molar-refractivity contribution in [2.75, 3.05) is 0 Å². The van der Waals surface area contributed by atoms with Crippen molar-refractivity contribution >= 4 is 0 Å². The van der Waals surface area contributed by atoms with E-state index in [1.165, 1.54) is 12.0 Å². The third kappa shape index (κ3) is 1.89. The zero-order valence-electron chi connectivity index (χ0n) is 8.43. The minimum absolute atomic E-state index is 0.351. The van der Waals surface area contributed by atoms with Crippen molar-refractivity contribution in [3.05, 3.63) is 11.6 Å². The molecule has 0 spiro atoms. The van der Waals surface area contributed by atoms with Crippen LogP contribution in [0.5, 0.6) is 0 Å². The molecule has 1 heteroatoms. The highest BCUT2D eigenvalue weighted by Gasteiger charge is 2.36. The molecule has 0 fully saturated rings. The minimum Gasteiger partial charge on any atom is -0.389 e. The fourth-order valence-electron chi connectivity index (χ4n) is 2.08. The molecule has 2 atom stereocenters. The van der Waals surface area contributed by atoms with Crippen LogP contribution in [0.1, 0.15) is 46.5 Å². The van der Waals surface area contributed by atoms with E-state index in [0.29, 0.717) is 5.92 Å². The molecule has 1 rings (SSSR count). The molecule has 0 heterocycles. The second-order valence-electron chi connectivity index (χ2n) is 4.19. The third-order valence-corrected chi connectivity index (χ3v) is 2.93. The van der Waals surface area contributed by atoms with Gasteiger partial charge in [-0.1, -0.05) is 38.3 Å². The van der Waals surface area contributed by atoms with Crippen molar-refractivity contribution in [1.82, 2.24) is 0 Å². The van der Waals surface area contributed by atoms with Gasteiger partial charge in [0.1, 0.15) is 0 Å². The SMILES string of the molecule is CCCCC1(O)CC(C)=CC1C. The van der Waals surface area contributed by atoms with Gasteiger partial charge in [0.05, 0.1) is 5.60 Å². The summed E-state index contributed by atoms with van der Waals surface area (Å²) in [4.78, 5) is 0. The molecule has 2 unspecified atom stereocenters. The highest BCUT2D eigenvalue weighted by atomic mass is 16.3. The zero-order chi connectivity index (χ0) is 9.19. The van der Waals surface area contributed by atoms with Crippen LogP contribution >= 0.6 is 0 Å². The number of hydrogen-bond acceptors (Lipinski definition) is 1. The van der Waals surface area contributed by atoms with E-state index in [9.17, 15) is 5.11 Å². The van der Waals surface area contributed by atoms with Crippen molar-refractivity contribution in [2.24, 2.45) is 5.92 Å². The fraction of sp³-hybridized carbons (Fsp3) is 0.818. The first-order valence-electron chi connectivity index (χ1n) is 4.98. The third-order valence-electron chi connectivity index (χ3n) is 2.93. The molecule has 0 amide bonds. The Morgan fingerprint density at radius 1 is 1.67 bits per heavy atom. The predicted octanol–water partition coefficient (Wildman–Crippen LogP) is 2.89. The summed E-state index contributed by atoms with van der Waals surface area (Å²) >= 11 is 0. The summed E-state index contributed by atoms with van der Waals surface area (Å²) < 4.78 is 0. The monoisotopic (exact) mass is 168 g/mol. The van der Waals surface area contributed by atoms with E-state index in [1.54, 1.807) is 0 Å². The van der Waals surface area contributed by atoms with Crippen LogP contribution in [0.2, 0.25) is 0 Å². The van der Waals surface area contributed by atoms with E-state index < -0.39 is 5.60 Å². The molecule has 0 aromatic carbocycles. The summed E-state index contributed by atoms with van der Waals surface area (Å²) in [5, 5.41) is 10.2. The molecular formula is C11H20O. The van der Waals surface area contributed by atoms with Crippen molar-refractivity contribution in [3.8, 4) is 0 Å². The van der Waals surface area contributed by atoms with Gasteiger partial charge in [0.15, 0.2) is 0 Å². The topological polar surface area (TPSA) is 20.2 Å². The van der Waals surface area contributed by atoms with Crippen LogP contribution in [0, 0.1) is 5.92 Å². The van der Waals surface area contributed by atoms with Gasteiger partial charge in [0.2, 0.25) is 0 Å². The van der Waals surface area contributed by atoms with Gasteiger partial charge in [0.25, 0.3) is 0 Å². The number of aliphatic hydroxyl groups is 1. The molecule has 0 saturated carbocycles. The Morgan fingerprint density at radius 2 is 2.33 bits per heavy atom. The summed E-state index contributed by atoms with van der Waals surface area (Å²) in [6.45, 7) is 6.40. The van der Waals surface area contributed by atoms with Crippen LogP contribution in [0.3, 0.4) is 0 Å². The van der Waals surface area contributed by atoms with Gasteiger partial charge < -0.3 is 5.11 Å². The summed E-state index contributed by atoms with van der Waals surface area (Å²) in [5.41, 5.74) is 0.932. The average molecular weight is 168 g/mol. The number of hydrogen-bond donors (Lipinski definition) is 1. The van der Waals surface area contributed by atoms with Gasteiger partial charge >= 0.3 is 0 Å². The first-order valence-corrected chi connectivity index (χ1v) is 4.98. The normalized spacial score (nSPS) is 35.3. The zero-order valence-corrected chi connectivity index (χ0v) is 8.43. The largest absolute Gasteiger partial charge is 0.389 e. The molecule has 0 aliphatic heterocycles. The molecule has 1 aliphatic carbocycles. The van der Waals surface area contributed by atoms with Crippen LogP contribution in [0.15, 0.2) is 11.6 Å². The number of rotatable bonds is 3. The maximum atomic E-state index is 10.2. The maximum absolute atomic E-state index is 10.2. The van der Waals surface area contributed by atoms with Crippen LogP contribution in [0.25, 0.3) is 0 Å². The molecule has 0 bridgehead atoms. The Labute approximate surface area is 75.5 Å². The lowest BCUT2D eigenvalue weighted by atomic mass is 9.86. The average Bonchev–Trinajstić information content (AvgIpc) is 2.23. The van der Waals surface area contributed by atoms with Crippen LogP contribution in [0.4, 0.5) is 0 Å². The molecule has 0 radical (unpaired) electrons. The van der Waals surface area contributed by atoms with E-state index in [1.807, 2.05) is 0 Å².